The summed E-state index contributed by atoms with van der Waals surface area (Å²) in [6.45, 7) is 3.74. The second kappa shape index (κ2) is 17.5. The fourth-order valence-corrected chi connectivity index (χ4v) is 9.95. The number of amides is 3. The number of benzene rings is 2. The number of nitrogens with zero attached hydrogens (tertiary/aromatic N) is 8. The molecule has 15 nitrogen and oxygen atoms in total. The van der Waals surface area contributed by atoms with Crippen molar-refractivity contribution in [3.05, 3.63) is 54.2 Å². The summed E-state index contributed by atoms with van der Waals surface area (Å²) in [5.74, 6) is 1.41. The van der Waals surface area contributed by atoms with Crippen LogP contribution in [0, 0.1) is 5.92 Å². The molecule has 2 aromatic carbocycles. The molecule has 0 aliphatic carbocycles. The van der Waals surface area contributed by atoms with Crippen molar-refractivity contribution in [2.75, 3.05) is 74.6 Å². The van der Waals surface area contributed by atoms with E-state index in [-0.39, 0.29) is 35.9 Å². The van der Waals surface area contributed by atoms with Crippen molar-refractivity contribution in [1.29, 1.82) is 0 Å². The maximum Gasteiger partial charge on any atom is 0.387 e. The molecule has 0 bridgehead atoms. The number of piperidine rings is 3. The van der Waals surface area contributed by atoms with Crippen molar-refractivity contribution >= 4 is 51.3 Å². The van der Waals surface area contributed by atoms with Crippen LogP contribution in [0.15, 0.2) is 53.6 Å². The van der Waals surface area contributed by atoms with Crippen LogP contribution in [0.3, 0.4) is 0 Å². The number of carbonyl (C=O) groups is 2. The number of methoxy groups -OCH3 is 1. The van der Waals surface area contributed by atoms with Crippen molar-refractivity contribution in [3.8, 4) is 11.6 Å². The Morgan fingerprint density at radius 1 is 0.966 bits per heavy atom. The number of rotatable bonds is 12. The van der Waals surface area contributed by atoms with Gasteiger partial charge in [0.05, 0.1) is 23.7 Å². The Morgan fingerprint density at radius 3 is 2.47 bits per heavy atom. The summed E-state index contributed by atoms with van der Waals surface area (Å²) in [4.78, 5) is 39.8. The zero-order valence-electron chi connectivity index (χ0n) is 32.8. The van der Waals surface area contributed by atoms with Gasteiger partial charge in [0.2, 0.25) is 17.6 Å². The van der Waals surface area contributed by atoms with Crippen molar-refractivity contribution < 1.29 is 32.1 Å². The van der Waals surface area contributed by atoms with Crippen LogP contribution in [-0.2, 0) is 22.8 Å². The van der Waals surface area contributed by atoms with E-state index < -0.39 is 23.6 Å². The van der Waals surface area contributed by atoms with E-state index in [4.69, 9.17) is 4.74 Å². The third-order valence-electron chi connectivity index (χ3n) is 11.9. The highest BCUT2D eigenvalue weighted by molar-refractivity contribution is 7.82. The van der Waals surface area contributed by atoms with Gasteiger partial charge in [0.25, 0.3) is 5.88 Å². The van der Waals surface area contributed by atoms with E-state index in [2.05, 4.69) is 70.6 Å². The van der Waals surface area contributed by atoms with Crippen molar-refractivity contribution in [3.63, 3.8) is 0 Å². The standard InChI is InChI=1S/C40H50F2N10O5S/c1-48-33-22-28(6-7-32(33)36(47-48)52-21-14-35(53)45-40(52)54)27-10-15-49(16-11-27)25-26-8-17-50(18-9-26)30-4-3-5-31(23-30)58(55)51-19-12-29(13-20-51)44-39-43-24-34(57-38(41)42)37(46-39)56-2/h3-7,22-24,26-27,29,38H,8-21,25H2,1-2H3,(H,43,44,46)(H,45,53,54). The van der Waals surface area contributed by atoms with Gasteiger partial charge in [0, 0.05) is 69.9 Å². The Balaban J connectivity index is 0.784. The predicted octanol–water partition coefficient (Wildman–Crippen LogP) is 5.11. The maximum absolute atomic E-state index is 13.7. The fraction of sp³-hybridized carbons (Fsp3) is 0.525. The first-order valence-electron chi connectivity index (χ1n) is 20.1. The molecule has 2 N–H and O–H groups in total. The van der Waals surface area contributed by atoms with Crippen molar-refractivity contribution in [1.82, 2.24) is 34.3 Å². The van der Waals surface area contributed by atoms with Gasteiger partial charge in [-0.05, 0) is 99.3 Å². The number of carbonyl (C=O) groups excluding carboxylic acids is 2. The highest BCUT2D eigenvalue weighted by Gasteiger charge is 2.30. The van der Waals surface area contributed by atoms with E-state index >= 15 is 0 Å². The summed E-state index contributed by atoms with van der Waals surface area (Å²) in [6, 6.07) is 14.2. The molecule has 58 heavy (non-hydrogen) atoms. The van der Waals surface area contributed by atoms with E-state index in [9.17, 15) is 22.6 Å². The van der Waals surface area contributed by atoms with Crippen LogP contribution in [0.5, 0.6) is 11.6 Å². The summed E-state index contributed by atoms with van der Waals surface area (Å²) in [5.41, 5.74) is 3.40. The van der Waals surface area contributed by atoms with Crippen LogP contribution in [0.4, 0.5) is 31.0 Å². The third kappa shape index (κ3) is 8.88. The monoisotopic (exact) mass is 820 g/mol. The number of aromatic nitrogens is 4. The first-order valence-corrected chi connectivity index (χ1v) is 21.2. The van der Waals surface area contributed by atoms with Gasteiger partial charge >= 0.3 is 12.6 Å². The van der Waals surface area contributed by atoms with Gasteiger partial charge in [-0.2, -0.15) is 18.9 Å². The van der Waals surface area contributed by atoms with E-state index in [1.54, 1.807) is 4.90 Å². The normalized spacial score (nSPS) is 20.2. The van der Waals surface area contributed by atoms with Crippen LogP contribution < -0.4 is 29.9 Å². The van der Waals surface area contributed by atoms with Crippen LogP contribution >= 0.6 is 0 Å². The number of hydrogen-bond acceptors (Lipinski definition) is 11. The average molecular weight is 821 g/mol. The number of imide groups is 1. The van der Waals surface area contributed by atoms with Gasteiger partial charge in [0.1, 0.15) is 11.0 Å². The summed E-state index contributed by atoms with van der Waals surface area (Å²) >= 11 is 0. The van der Waals surface area contributed by atoms with Crippen LogP contribution in [-0.4, -0.2) is 117 Å². The molecule has 2 aromatic heterocycles. The van der Waals surface area contributed by atoms with Gasteiger partial charge in [-0.1, -0.05) is 12.1 Å². The highest BCUT2D eigenvalue weighted by atomic mass is 32.2. The van der Waals surface area contributed by atoms with Gasteiger partial charge in [0.15, 0.2) is 5.82 Å². The Kier molecular flexibility index (Phi) is 12.0. The van der Waals surface area contributed by atoms with Crippen LogP contribution in [0.1, 0.15) is 56.4 Å². The second-order valence-electron chi connectivity index (χ2n) is 15.5. The molecule has 4 aliphatic heterocycles. The summed E-state index contributed by atoms with van der Waals surface area (Å²) in [5, 5.41) is 11.2. The Labute approximate surface area is 338 Å². The number of ether oxygens (including phenoxy) is 2. The molecule has 4 saturated heterocycles. The average Bonchev–Trinajstić information content (AvgIpc) is 3.56. The molecule has 6 heterocycles. The minimum atomic E-state index is -3.00. The Hall–Kier alpha value is -4.94. The van der Waals surface area contributed by atoms with E-state index in [1.165, 1.54) is 18.9 Å². The van der Waals surface area contributed by atoms with Crippen LogP contribution in [0.2, 0.25) is 0 Å². The first-order chi connectivity index (χ1) is 28.1. The molecular formula is C40H50F2N10O5S. The molecule has 8 rings (SSSR count). The Bertz CT molecular complexity index is 2130. The minimum Gasteiger partial charge on any atom is -0.478 e. The molecule has 1 unspecified atom stereocenters. The van der Waals surface area contributed by atoms with Gasteiger partial charge in [-0.25, -0.2) is 18.3 Å². The maximum atomic E-state index is 13.7. The number of anilines is 3. The predicted molar refractivity (Wildman–Crippen MR) is 216 cm³/mol. The third-order valence-corrected chi connectivity index (χ3v) is 13.4. The molecule has 4 aliphatic rings. The second-order valence-corrected chi connectivity index (χ2v) is 17.0. The van der Waals surface area contributed by atoms with E-state index in [0.29, 0.717) is 50.1 Å². The van der Waals surface area contributed by atoms with Crippen molar-refractivity contribution in [2.24, 2.45) is 13.0 Å². The first kappa shape index (κ1) is 39.9. The number of alkyl halides is 2. The number of nitrogens with one attached hydrogen (secondary N) is 2. The summed E-state index contributed by atoms with van der Waals surface area (Å²) in [6.07, 6.45) is 7.30. The van der Waals surface area contributed by atoms with Gasteiger partial charge < -0.3 is 24.6 Å². The van der Waals surface area contributed by atoms with E-state index in [0.717, 1.165) is 79.9 Å². The molecule has 18 heteroatoms. The molecule has 4 fully saturated rings. The number of aryl methyl sites for hydroxylation is 1. The zero-order valence-corrected chi connectivity index (χ0v) is 33.6. The lowest BCUT2D eigenvalue weighted by atomic mass is 9.88. The summed E-state index contributed by atoms with van der Waals surface area (Å²) in [7, 11) is 1.94. The molecule has 0 spiro atoms. The lowest BCUT2D eigenvalue weighted by Gasteiger charge is -2.38. The molecule has 3 amide bonds. The molecule has 310 valence electrons. The molecule has 0 saturated carbocycles. The van der Waals surface area contributed by atoms with Crippen LogP contribution in [0.25, 0.3) is 10.9 Å². The number of fused-ring (bicyclic) bond motifs is 1. The van der Waals surface area contributed by atoms with Crippen molar-refractivity contribution in [2.45, 2.75) is 68.4 Å². The molecule has 0 radical (unpaired) electrons. The topological polar surface area (TPSA) is 150 Å². The fourth-order valence-electron chi connectivity index (χ4n) is 8.70. The number of urea groups is 1. The largest absolute Gasteiger partial charge is 0.478 e. The zero-order chi connectivity index (χ0) is 40.3. The SMILES string of the molecule is COc1nc(NC2CCN(S(=O)c3cccc(N4CCC(CN5CCC(c6ccc7c(N8CCC(=O)NC8=O)nn(C)c7c6)CC5)CC4)c3)CC2)ncc1OC(F)F. The molecular weight excluding hydrogens is 771 g/mol. The number of halogens is 2. The number of likely N-dealkylation sites (tertiary alicyclic amines) is 1. The lowest BCUT2D eigenvalue weighted by molar-refractivity contribution is -0.120. The highest BCUT2D eigenvalue weighted by Crippen LogP contribution is 2.35. The quantitative estimate of drug-likeness (QED) is 0.196. The number of hydrogen-bond donors (Lipinski definition) is 2. The minimum absolute atomic E-state index is 0.0310. The van der Waals surface area contributed by atoms with Gasteiger partial charge in [-0.3, -0.25) is 19.7 Å². The lowest BCUT2D eigenvalue weighted by Crippen LogP contribution is -2.49. The molecule has 4 aromatic rings. The van der Waals surface area contributed by atoms with E-state index in [1.807, 2.05) is 28.2 Å². The molecule has 1 atom stereocenters. The van der Waals surface area contributed by atoms with Gasteiger partial charge in [-0.15, -0.1) is 0 Å². The summed E-state index contributed by atoms with van der Waals surface area (Å²) < 4.78 is 52.4. The smallest absolute Gasteiger partial charge is 0.387 e. The Morgan fingerprint density at radius 2 is 1.74 bits per heavy atom.